The van der Waals surface area contributed by atoms with Crippen molar-refractivity contribution in [1.82, 2.24) is 14.9 Å². The fraction of sp³-hybridized carbons (Fsp3) is 0.353. The molecule has 0 saturated carbocycles. The van der Waals surface area contributed by atoms with E-state index in [1.165, 1.54) is 11.2 Å². The van der Waals surface area contributed by atoms with Gasteiger partial charge in [-0.25, -0.2) is 14.4 Å². The first-order chi connectivity index (χ1) is 11.0. The SMILES string of the molecule is CCc1ncnc(N[C@H](Cc2ccccc2)C(=O)N(C)C)c1F. The predicted molar refractivity (Wildman–Crippen MR) is 87.6 cm³/mol. The Morgan fingerprint density at radius 1 is 1.26 bits per heavy atom. The van der Waals surface area contributed by atoms with Crippen LogP contribution in [-0.4, -0.2) is 40.9 Å². The largest absolute Gasteiger partial charge is 0.356 e. The van der Waals surface area contributed by atoms with Gasteiger partial charge in [0.25, 0.3) is 0 Å². The first-order valence-electron chi connectivity index (χ1n) is 7.54. The van der Waals surface area contributed by atoms with Crippen molar-refractivity contribution in [2.75, 3.05) is 19.4 Å². The maximum Gasteiger partial charge on any atom is 0.244 e. The normalized spacial score (nSPS) is 11.8. The first kappa shape index (κ1) is 16.9. The summed E-state index contributed by atoms with van der Waals surface area (Å²) >= 11 is 0. The lowest BCUT2D eigenvalue weighted by atomic mass is 10.0. The second kappa shape index (κ2) is 7.67. The lowest BCUT2D eigenvalue weighted by molar-refractivity contribution is -0.129. The number of nitrogens with zero attached hydrogens (tertiary/aromatic N) is 3. The van der Waals surface area contributed by atoms with Crippen LogP contribution in [0.25, 0.3) is 0 Å². The molecule has 0 saturated heterocycles. The molecule has 6 heteroatoms. The molecule has 23 heavy (non-hydrogen) atoms. The van der Waals surface area contributed by atoms with E-state index in [1.54, 1.807) is 14.1 Å². The number of carbonyl (C=O) groups excluding carboxylic acids is 1. The minimum Gasteiger partial charge on any atom is -0.356 e. The molecule has 0 aliphatic carbocycles. The van der Waals surface area contributed by atoms with E-state index in [2.05, 4.69) is 15.3 Å². The standard InChI is InChI=1S/C17H21FN4O/c1-4-13-15(18)16(20-11-19-13)21-14(17(23)22(2)3)10-12-8-6-5-7-9-12/h5-9,11,14H,4,10H2,1-3H3,(H,19,20,21)/t14-/m1/s1. The number of anilines is 1. The molecule has 1 amide bonds. The predicted octanol–water partition coefficient (Wildman–Crippen LogP) is 2.29. The van der Waals surface area contributed by atoms with Gasteiger partial charge in [0, 0.05) is 20.5 Å². The van der Waals surface area contributed by atoms with Crippen molar-refractivity contribution in [3.05, 3.63) is 53.7 Å². The van der Waals surface area contributed by atoms with Crippen LogP contribution in [0.15, 0.2) is 36.7 Å². The number of aromatic nitrogens is 2. The topological polar surface area (TPSA) is 58.1 Å². The quantitative estimate of drug-likeness (QED) is 0.888. The molecule has 2 aromatic rings. The zero-order valence-electron chi connectivity index (χ0n) is 13.6. The van der Waals surface area contributed by atoms with Crippen LogP contribution in [0.5, 0.6) is 0 Å². The molecule has 1 heterocycles. The van der Waals surface area contributed by atoms with Crippen LogP contribution >= 0.6 is 0 Å². The summed E-state index contributed by atoms with van der Waals surface area (Å²) in [7, 11) is 3.35. The van der Waals surface area contributed by atoms with E-state index in [9.17, 15) is 9.18 Å². The molecule has 0 aliphatic heterocycles. The van der Waals surface area contributed by atoms with Crippen LogP contribution in [0.1, 0.15) is 18.2 Å². The Bertz CT molecular complexity index is 661. The average Bonchev–Trinajstić information content (AvgIpc) is 2.56. The second-order valence-corrected chi connectivity index (χ2v) is 5.46. The van der Waals surface area contributed by atoms with Gasteiger partial charge in [-0.1, -0.05) is 37.3 Å². The van der Waals surface area contributed by atoms with Crippen molar-refractivity contribution in [1.29, 1.82) is 0 Å². The van der Waals surface area contributed by atoms with E-state index in [1.807, 2.05) is 37.3 Å². The van der Waals surface area contributed by atoms with Crippen LogP contribution in [0.2, 0.25) is 0 Å². The molecular weight excluding hydrogens is 295 g/mol. The Morgan fingerprint density at radius 3 is 2.57 bits per heavy atom. The Labute approximate surface area is 135 Å². The number of rotatable bonds is 6. The number of amides is 1. The van der Waals surface area contributed by atoms with Crippen molar-refractivity contribution >= 4 is 11.7 Å². The second-order valence-electron chi connectivity index (χ2n) is 5.46. The van der Waals surface area contributed by atoms with Gasteiger partial charge in [0.2, 0.25) is 5.91 Å². The number of benzene rings is 1. The van der Waals surface area contributed by atoms with Crippen molar-refractivity contribution in [2.24, 2.45) is 0 Å². The number of aryl methyl sites for hydroxylation is 1. The molecule has 0 spiro atoms. The molecule has 1 aromatic heterocycles. The van der Waals surface area contributed by atoms with Crippen molar-refractivity contribution in [2.45, 2.75) is 25.8 Å². The molecule has 1 aromatic carbocycles. The zero-order valence-corrected chi connectivity index (χ0v) is 13.6. The Hall–Kier alpha value is -2.50. The van der Waals surface area contributed by atoms with Crippen LogP contribution in [-0.2, 0) is 17.6 Å². The number of carbonyl (C=O) groups is 1. The van der Waals surface area contributed by atoms with Crippen LogP contribution in [0.3, 0.4) is 0 Å². The Morgan fingerprint density at radius 2 is 1.96 bits per heavy atom. The van der Waals surface area contributed by atoms with Crippen molar-refractivity contribution in [3.8, 4) is 0 Å². The number of likely N-dealkylation sites (N-methyl/N-ethyl adjacent to an activating group) is 1. The smallest absolute Gasteiger partial charge is 0.244 e. The van der Waals surface area contributed by atoms with Gasteiger partial charge in [0.1, 0.15) is 12.4 Å². The third kappa shape index (κ3) is 4.25. The highest BCUT2D eigenvalue weighted by molar-refractivity contribution is 5.84. The van der Waals surface area contributed by atoms with Gasteiger partial charge in [-0.3, -0.25) is 4.79 Å². The fourth-order valence-electron chi connectivity index (χ4n) is 2.28. The summed E-state index contributed by atoms with van der Waals surface area (Å²) in [6, 6.07) is 9.01. The minimum atomic E-state index is -0.596. The van der Waals surface area contributed by atoms with E-state index in [0.29, 0.717) is 18.5 Å². The summed E-state index contributed by atoms with van der Waals surface area (Å²) in [5.41, 5.74) is 1.32. The number of nitrogens with one attached hydrogen (secondary N) is 1. The van der Waals surface area contributed by atoms with Gasteiger partial charge >= 0.3 is 0 Å². The lowest BCUT2D eigenvalue weighted by Crippen LogP contribution is -2.40. The third-order valence-electron chi connectivity index (χ3n) is 3.53. The van der Waals surface area contributed by atoms with Crippen molar-refractivity contribution in [3.63, 3.8) is 0 Å². The van der Waals surface area contributed by atoms with E-state index in [-0.39, 0.29) is 11.7 Å². The molecule has 0 unspecified atom stereocenters. The maximum absolute atomic E-state index is 14.3. The zero-order chi connectivity index (χ0) is 16.8. The van der Waals surface area contributed by atoms with E-state index < -0.39 is 11.9 Å². The summed E-state index contributed by atoms with van der Waals surface area (Å²) in [6.07, 6.45) is 2.22. The molecule has 122 valence electrons. The summed E-state index contributed by atoms with van der Waals surface area (Å²) in [5, 5.41) is 2.93. The van der Waals surface area contributed by atoms with Crippen LogP contribution in [0.4, 0.5) is 10.2 Å². The maximum atomic E-state index is 14.3. The molecule has 0 fully saturated rings. The van der Waals surface area contributed by atoms with E-state index in [0.717, 1.165) is 5.56 Å². The molecule has 5 nitrogen and oxygen atoms in total. The van der Waals surface area contributed by atoms with Gasteiger partial charge in [0.15, 0.2) is 11.6 Å². The number of halogens is 1. The number of hydrogen-bond acceptors (Lipinski definition) is 4. The average molecular weight is 316 g/mol. The summed E-state index contributed by atoms with van der Waals surface area (Å²) < 4.78 is 14.3. The Balaban J connectivity index is 2.26. The number of hydrogen-bond donors (Lipinski definition) is 1. The summed E-state index contributed by atoms with van der Waals surface area (Å²) in [5.74, 6) is -0.572. The highest BCUT2D eigenvalue weighted by Gasteiger charge is 2.23. The lowest BCUT2D eigenvalue weighted by Gasteiger charge is -2.22. The molecular formula is C17H21FN4O. The summed E-state index contributed by atoms with van der Waals surface area (Å²) in [4.78, 5) is 21.8. The van der Waals surface area contributed by atoms with Gasteiger partial charge in [-0.15, -0.1) is 0 Å². The third-order valence-corrected chi connectivity index (χ3v) is 3.53. The van der Waals surface area contributed by atoms with Gasteiger partial charge in [0.05, 0.1) is 5.69 Å². The van der Waals surface area contributed by atoms with Crippen molar-refractivity contribution < 1.29 is 9.18 Å². The molecule has 1 N–H and O–H groups in total. The first-order valence-corrected chi connectivity index (χ1v) is 7.54. The van der Waals surface area contributed by atoms with E-state index in [4.69, 9.17) is 0 Å². The monoisotopic (exact) mass is 316 g/mol. The van der Waals surface area contributed by atoms with Gasteiger partial charge in [-0.2, -0.15) is 0 Å². The molecule has 2 rings (SSSR count). The van der Waals surface area contributed by atoms with E-state index >= 15 is 0 Å². The Kier molecular flexibility index (Phi) is 5.62. The minimum absolute atomic E-state index is 0.0629. The van der Waals surface area contributed by atoms with Crippen LogP contribution in [0, 0.1) is 5.82 Å². The van der Waals surface area contributed by atoms with Gasteiger partial charge in [-0.05, 0) is 12.0 Å². The highest BCUT2D eigenvalue weighted by atomic mass is 19.1. The highest BCUT2D eigenvalue weighted by Crippen LogP contribution is 2.16. The van der Waals surface area contributed by atoms with Crippen LogP contribution < -0.4 is 5.32 Å². The molecule has 1 atom stereocenters. The van der Waals surface area contributed by atoms with Gasteiger partial charge < -0.3 is 10.2 Å². The summed E-state index contributed by atoms with van der Waals surface area (Å²) in [6.45, 7) is 1.82. The fourth-order valence-corrected chi connectivity index (χ4v) is 2.28. The molecule has 0 aliphatic rings. The molecule has 0 bridgehead atoms. The molecule has 0 radical (unpaired) electrons.